The highest BCUT2D eigenvalue weighted by molar-refractivity contribution is 6.42. The molecular formula is C12H17Cl2NO. The molecule has 1 unspecified atom stereocenters. The van der Waals surface area contributed by atoms with Gasteiger partial charge in [0.1, 0.15) is 5.75 Å². The van der Waals surface area contributed by atoms with Gasteiger partial charge in [0.25, 0.3) is 0 Å². The standard InChI is InChI=1S/C12H17Cl2NO/c1-3-9(15)5-8-6-10(13)11(14)7-12(8)16-4-2/h6-7,9H,3-5,15H2,1-2H3. The minimum Gasteiger partial charge on any atom is -0.494 e. The molecule has 0 aromatic heterocycles. The van der Waals surface area contributed by atoms with Crippen molar-refractivity contribution in [2.75, 3.05) is 6.61 Å². The Morgan fingerprint density at radius 1 is 1.25 bits per heavy atom. The van der Waals surface area contributed by atoms with E-state index in [1.165, 1.54) is 0 Å². The van der Waals surface area contributed by atoms with Crippen molar-refractivity contribution in [1.29, 1.82) is 0 Å². The third-order valence-electron chi connectivity index (χ3n) is 2.41. The summed E-state index contributed by atoms with van der Waals surface area (Å²) in [6, 6.07) is 3.71. The molecule has 0 heterocycles. The Kier molecular flexibility index (Phi) is 5.39. The van der Waals surface area contributed by atoms with Gasteiger partial charge in [-0.05, 0) is 31.4 Å². The van der Waals surface area contributed by atoms with E-state index in [-0.39, 0.29) is 6.04 Å². The lowest BCUT2D eigenvalue weighted by Gasteiger charge is -2.14. The SMILES string of the molecule is CCOc1cc(Cl)c(Cl)cc1CC(N)CC. The summed E-state index contributed by atoms with van der Waals surface area (Å²) in [5.74, 6) is 0.779. The van der Waals surface area contributed by atoms with Gasteiger partial charge in [-0.3, -0.25) is 0 Å². The van der Waals surface area contributed by atoms with Crippen molar-refractivity contribution in [2.45, 2.75) is 32.7 Å². The second-order valence-corrected chi connectivity index (χ2v) is 4.49. The van der Waals surface area contributed by atoms with Crippen molar-refractivity contribution in [3.8, 4) is 5.75 Å². The minimum absolute atomic E-state index is 0.122. The van der Waals surface area contributed by atoms with Crippen molar-refractivity contribution >= 4 is 23.2 Å². The van der Waals surface area contributed by atoms with Crippen LogP contribution in [0.25, 0.3) is 0 Å². The normalized spacial score (nSPS) is 12.6. The van der Waals surface area contributed by atoms with Gasteiger partial charge in [0.2, 0.25) is 0 Å². The van der Waals surface area contributed by atoms with Crippen LogP contribution in [0.15, 0.2) is 12.1 Å². The maximum absolute atomic E-state index is 5.98. The molecule has 1 aromatic rings. The van der Waals surface area contributed by atoms with E-state index in [1.54, 1.807) is 6.07 Å². The molecule has 1 atom stereocenters. The molecular weight excluding hydrogens is 245 g/mol. The van der Waals surface area contributed by atoms with Crippen molar-refractivity contribution in [1.82, 2.24) is 0 Å². The molecule has 0 spiro atoms. The lowest BCUT2D eigenvalue weighted by Crippen LogP contribution is -2.21. The summed E-state index contributed by atoms with van der Waals surface area (Å²) < 4.78 is 5.52. The van der Waals surface area contributed by atoms with E-state index in [1.807, 2.05) is 13.0 Å². The number of hydrogen-bond acceptors (Lipinski definition) is 2. The van der Waals surface area contributed by atoms with Crippen LogP contribution >= 0.6 is 23.2 Å². The average molecular weight is 262 g/mol. The Bertz CT molecular complexity index is 355. The second-order valence-electron chi connectivity index (χ2n) is 3.68. The fraction of sp³-hybridized carbons (Fsp3) is 0.500. The van der Waals surface area contributed by atoms with Crippen LogP contribution in [0.4, 0.5) is 0 Å². The average Bonchev–Trinajstić information content (AvgIpc) is 2.25. The molecule has 90 valence electrons. The van der Waals surface area contributed by atoms with Crippen molar-refractivity contribution in [2.24, 2.45) is 5.73 Å². The van der Waals surface area contributed by atoms with E-state index in [2.05, 4.69) is 6.92 Å². The Labute approximate surface area is 107 Å². The number of ether oxygens (including phenoxy) is 1. The molecule has 0 amide bonds. The fourth-order valence-electron chi connectivity index (χ4n) is 1.45. The maximum Gasteiger partial charge on any atom is 0.124 e. The van der Waals surface area contributed by atoms with Gasteiger partial charge in [-0.25, -0.2) is 0 Å². The molecule has 0 radical (unpaired) electrons. The summed E-state index contributed by atoms with van der Waals surface area (Å²) in [5, 5.41) is 1.06. The third-order valence-corrected chi connectivity index (χ3v) is 3.13. The Morgan fingerprint density at radius 2 is 1.88 bits per heavy atom. The zero-order valence-electron chi connectivity index (χ0n) is 9.59. The molecule has 16 heavy (non-hydrogen) atoms. The first kappa shape index (κ1) is 13.6. The monoisotopic (exact) mass is 261 g/mol. The Morgan fingerprint density at radius 3 is 2.44 bits per heavy atom. The molecule has 0 saturated carbocycles. The molecule has 1 rings (SSSR count). The molecule has 2 nitrogen and oxygen atoms in total. The highest BCUT2D eigenvalue weighted by atomic mass is 35.5. The van der Waals surface area contributed by atoms with E-state index in [9.17, 15) is 0 Å². The topological polar surface area (TPSA) is 35.2 Å². The number of hydrogen-bond donors (Lipinski definition) is 1. The smallest absolute Gasteiger partial charge is 0.124 e. The number of halogens is 2. The highest BCUT2D eigenvalue weighted by Crippen LogP contribution is 2.31. The molecule has 1 aromatic carbocycles. The molecule has 0 aliphatic heterocycles. The zero-order valence-corrected chi connectivity index (χ0v) is 11.1. The highest BCUT2D eigenvalue weighted by Gasteiger charge is 2.11. The van der Waals surface area contributed by atoms with E-state index in [0.29, 0.717) is 16.7 Å². The third kappa shape index (κ3) is 3.55. The maximum atomic E-state index is 5.98. The van der Waals surface area contributed by atoms with Crippen molar-refractivity contribution in [3.05, 3.63) is 27.7 Å². The second kappa shape index (κ2) is 6.33. The Balaban J connectivity index is 2.99. The van der Waals surface area contributed by atoms with Crippen LogP contribution in [0.5, 0.6) is 5.75 Å². The van der Waals surface area contributed by atoms with Gasteiger partial charge in [0.15, 0.2) is 0 Å². The van der Waals surface area contributed by atoms with Gasteiger partial charge in [-0.15, -0.1) is 0 Å². The quantitative estimate of drug-likeness (QED) is 0.878. The van der Waals surface area contributed by atoms with Crippen LogP contribution in [0.1, 0.15) is 25.8 Å². The number of nitrogens with two attached hydrogens (primary N) is 1. The lowest BCUT2D eigenvalue weighted by atomic mass is 10.0. The first-order valence-corrected chi connectivity index (χ1v) is 6.20. The van der Waals surface area contributed by atoms with Gasteiger partial charge in [0, 0.05) is 12.1 Å². The van der Waals surface area contributed by atoms with Gasteiger partial charge in [-0.1, -0.05) is 30.1 Å². The molecule has 0 saturated heterocycles. The van der Waals surface area contributed by atoms with E-state index < -0.39 is 0 Å². The van der Waals surface area contributed by atoms with E-state index in [4.69, 9.17) is 33.7 Å². The summed E-state index contributed by atoms with van der Waals surface area (Å²) in [7, 11) is 0. The van der Waals surface area contributed by atoms with Crippen LogP contribution < -0.4 is 10.5 Å². The summed E-state index contributed by atoms with van der Waals surface area (Å²) in [6.07, 6.45) is 1.68. The van der Waals surface area contributed by atoms with Crippen LogP contribution in [0, 0.1) is 0 Å². The lowest BCUT2D eigenvalue weighted by molar-refractivity contribution is 0.335. The molecule has 0 aliphatic carbocycles. The number of benzene rings is 1. The molecule has 4 heteroatoms. The van der Waals surface area contributed by atoms with E-state index >= 15 is 0 Å². The minimum atomic E-state index is 0.122. The predicted molar refractivity (Wildman–Crippen MR) is 69.6 cm³/mol. The first-order chi connectivity index (χ1) is 7.58. The summed E-state index contributed by atoms with van der Waals surface area (Å²) in [5.41, 5.74) is 6.95. The van der Waals surface area contributed by atoms with Gasteiger partial charge in [0.05, 0.1) is 16.7 Å². The van der Waals surface area contributed by atoms with Crippen LogP contribution in [-0.4, -0.2) is 12.6 Å². The summed E-state index contributed by atoms with van der Waals surface area (Å²) in [6.45, 7) is 4.60. The van der Waals surface area contributed by atoms with Crippen LogP contribution in [-0.2, 0) is 6.42 Å². The Hall–Kier alpha value is -0.440. The van der Waals surface area contributed by atoms with Crippen molar-refractivity contribution in [3.63, 3.8) is 0 Å². The first-order valence-electron chi connectivity index (χ1n) is 5.44. The summed E-state index contributed by atoms with van der Waals surface area (Å²) in [4.78, 5) is 0. The van der Waals surface area contributed by atoms with Crippen molar-refractivity contribution < 1.29 is 4.74 Å². The number of rotatable bonds is 5. The van der Waals surface area contributed by atoms with E-state index in [0.717, 1.165) is 24.2 Å². The summed E-state index contributed by atoms with van der Waals surface area (Å²) >= 11 is 11.9. The molecule has 0 bridgehead atoms. The molecule has 0 aliphatic rings. The molecule has 2 N–H and O–H groups in total. The zero-order chi connectivity index (χ0) is 12.1. The molecule has 0 fully saturated rings. The van der Waals surface area contributed by atoms with Gasteiger partial charge < -0.3 is 10.5 Å². The van der Waals surface area contributed by atoms with Crippen LogP contribution in [0.2, 0.25) is 10.0 Å². The predicted octanol–water partition coefficient (Wildman–Crippen LogP) is 3.67. The largest absolute Gasteiger partial charge is 0.494 e. The van der Waals surface area contributed by atoms with Gasteiger partial charge >= 0.3 is 0 Å². The van der Waals surface area contributed by atoms with Gasteiger partial charge in [-0.2, -0.15) is 0 Å². The fourth-order valence-corrected chi connectivity index (χ4v) is 1.79. The van der Waals surface area contributed by atoms with Crippen LogP contribution in [0.3, 0.4) is 0 Å².